The average molecular weight is 452 g/mol. The number of allylic oxidation sites excluding steroid dienone is 2. The molecule has 2 rings (SSSR count). The first-order valence-corrected chi connectivity index (χ1v) is 9.79. The number of hydrogen-bond donors (Lipinski definition) is 2. The first-order valence-electron chi connectivity index (χ1n) is 9.79. The molecule has 0 fully saturated rings. The van der Waals surface area contributed by atoms with Crippen molar-refractivity contribution in [3.05, 3.63) is 82.4 Å². The summed E-state index contributed by atoms with van der Waals surface area (Å²) in [7, 11) is 0. The van der Waals surface area contributed by atoms with E-state index < -0.39 is 36.9 Å². The summed E-state index contributed by atoms with van der Waals surface area (Å²) in [4.78, 5) is 11.3. The minimum atomic E-state index is -4.40. The number of benzene rings is 2. The van der Waals surface area contributed by atoms with Gasteiger partial charge in [-0.1, -0.05) is 25.6 Å². The summed E-state index contributed by atoms with van der Waals surface area (Å²) in [5, 5.41) is 20.0. The van der Waals surface area contributed by atoms with Crippen molar-refractivity contribution in [1.82, 2.24) is 0 Å². The highest BCUT2D eigenvalue weighted by molar-refractivity contribution is 5.88. The third-order valence-electron chi connectivity index (χ3n) is 5.15. The van der Waals surface area contributed by atoms with E-state index in [-0.39, 0.29) is 29.1 Å². The third-order valence-corrected chi connectivity index (χ3v) is 5.15. The van der Waals surface area contributed by atoms with Gasteiger partial charge >= 0.3 is 12.1 Å². The van der Waals surface area contributed by atoms with Crippen molar-refractivity contribution >= 4 is 12.0 Å². The Balaban J connectivity index is 2.36. The number of rotatable bonds is 9. The second-order valence-corrected chi connectivity index (χ2v) is 7.35. The second-order valence-electron chi connectivity index (χ2n) is 7.35. The van der Waals surface area contributed by atoms with Crippen molar-refractivity contribution in [3.8, 4) is 5.75 Å². The monoisotopic (exact) mass is 452 g/mol. The lowest BCUT2D eigenvalue weighted by Gasteiger charge is -2.19. The van der Waals surface area contributed by atoms with Crippen LogP contribution in [0.25, 0.3) is 6.08 Å². The molecule has 0 aromatic heterocycles. The Bertz CT molecular complexity index is 1030. The van der Waals surface area contributed by atoms with Crippen molar-refractivity contribution < 1.29 is 37.3 Å². The molecule has 0 saturated heterocycles. The molecule has 0 spiro atoms. The van der Waals surface area contributed by atoms with E-state index in [2.05, 4.69) is 6.58 Å². The van der Waals surface area contributed by atoms with Crippen LogP contribution in [0.3, 0.4) is 0 Å². The van der Waals surface area contributed by atoms with Gasteiger partial charge in [0.25, 0.3) is 0 Å². The van der Waals surface area contributed by atoms with Crippen LogP contribution in [-0.2, 0) is 6.42 Å². The largest absolute Gasteiger partial charge is 0.512 e. The molecule has 1 unspecified atom stereocenters. The summed E-state index contributed by atoms with van der Waals surface area (Å²) in [5.74, 6) is -2.16. The van der Waals surface area contributed by atoms with Crippen molar-refractivity contribution in [2.75, 3.05) is 6.61 Å². The molecule has 0 radical (unpaired) electrons. The van der Waals surface area contributed by atoms with Gasteiger partial charge in [0.2, 0.25) is 0 Å². The van der Waals surface area contributed by atoms with Crippen LogP contribution in [0.5, 0.6) is 5.75 Å². The van der Waals surface area contributed by atoms with Crippen molar-refractivity contribution in [2.45, 2.75) is 38.8 Å². The Morgan fingerprint density at radius 1 is 1.19 bits per heavy atom. The molecule has 0 bridgehead atoms. The second kappa shape index (κ2) is 10.3. The maximum Gasteiger partial charge on any atom is 0.392 e. The molecule has 2 aromatic carbocycles. The fourth-order valence-electron chi connectivity index (χ4n) is 3.18. The highest BCUT2D eigenvalue weighted by atomic mass is 19.4. The summed E-state index contributed by atoms with van der Waals surface area (Å²) in [6.45, 7) is 6.47. The van der Waals surface area contributed by atoms with Gasteiger partial charge in [0, 0.05) is 17.9 Å². The number of halogens is 4. The zero-order valence-corrected chi connectivity index (χ0v) is 17.7. The smallest absolute Gasteiger partial charge is 0.392 e. The fraction of sp³-hybridized carbons (Fsp3) is 0.292. The van der Waals surface area contributed by atoms with Gasteiger partial charge in [-0.05, 0) is 54.0 Å². The van der Waals surface area contributed by atoms with E-state index in [1.54, 1.807) is 26.0 Å². The molecule has 1 atom stereocenters. The van der Waals surface area contributed by atoms with Gasteiger partial charge in [-0.25, -0.2) is 9.18 Å². The highest BCUT2D eigenvalue weighted by Gasteiger charge is 2.27. The number of carboxylic acids is 1. The van der Waals surface area contributed by atoms with Crippen LogP contribution in [0.2, 0.25) is 0 Å². The first kappa shape index (κ1) is 25.0. The van der Waals surface area contributed by atoms with Gasteiger partial charge in [-0.2, -0.15) is 13.2 Å². The maximum absolute atomic E-state index is 13.8. The Kier molecular flexibility index (Phi) is 8.08. The van der Waals surface area contributed by atoms with Crippen molar-refractivity contribution in [3.63, 3.8) is 0 Å². The molecule has 2 N–H and O–H groups in total. The standard InChI is InChI=1S/C24H24F4O4/c1-4-16-5-7-19(25)13-20(16)14(2)15(3)21(29)12-18-11-17(23(30)31)6-8-22(18)32-10-9-24(26,27)28/h4-8,11,13-14,29H,1,9-10,12H2,2-3H3,(H,30,31). The molecule has 0 heterocycles. The quantitative estimate of drug-likeness (QED) is 0.329. The number of alkyl halides is 3. The van der Waals surface area contributed by atoms with Gasteiger partial charge in [-0.3, -0.25) is 0 Å². The molecule has 4 nitrogen and oxygen atoms in total. The van der Waals surface area contributed by atoms with Gasteiger partial charge in [-0.15, -0.1) is 0 Å². The normalized spacial score (nSPS) is 13.3. The number of hydrogen-bond acceptors (Lipinski definition) is 3. The fourth-order valence-corrected chi connectivity index (χ4v) is 3.18. The van der Waals surface area contributed by atoms with Crippen LogP contribution in [0.4, 0.5) is 17.6 Å². The Hall–Kier alpha value is -3.29. The van der Waals surface area contributed by atoms with Crippen LogP contribution in [-0.4, -0.2) is 29.0 Å². The van der Waals surface area contributed by atoms with Gasteiger partial charge < -0.3 is 14.9 Å². The Morgan fingerprint density at radius 3 is 2.47 bits per heavy atom. The van der Waals surface area contributed by atoms with Crippen molar-refractivity contribution in [2.24, 2.45) is 0 Å². The maximum atomic E-state index is 13.8. The number of aromatic carboxylic acids is 1. The van der Waals surface area contributed by atoms with E-state index >= 15 is 0 Å². The molecule has 0 aliphatic heterocycles. The van der Waals surface area contributed by atoms with Gasteiger partial charge in [0.1, 0.15) is 11.6 Å². The highest BCUT2D eigenvalue weighted by Crippen LogP contribution is 2.32. The summed E-state index contributed by atoms with van der Waals surface area (Å²) < 4.78 is 56.3. The predicted octanol–water partition coefficient (Wildman–Crippen LogP) is 6.68. The lowest BCUT2D eigenvalue weighted by molar-refractivity contribution is -0.139. The average Bonchev–Trinajstić information content (AvgIpc) is 2.72. The molecular formula is C24H24F4O4. The molecule has 0 amide bonds. The molecule has 2 aromatic rings. The molecular weight excluding hydrogens is 428 g/mol. The summed E-state index contributed by atoms with van der Waals surface area (Å²) in [6.07, 6.45) is -4.17. The Labute approximate surface area is 183 Å². The summed E-state index contributed by atoms with van der Waals surface area (Å²) in [5.41, 5.74) is 1.90. The SMILES string of the molecule is C=Cc1ccc(F)cc1C(C)C(C)=C(O)Cc1cc(C(=O)O)ccc1OCCC(F)(F)F. The van der Waals surface area contributed by atoms with E-state index in [1.807, 2.05) is 0 Å². The van der Waals surface area contributed by atoms with E-state index in [1.165, 1.54) is 30.3 Å². The Morgan fingerprint density at radius 2 is 1.88 bits per heavy atom. The minimum Gasteiger partial charge on any atom is -0.512 e. The van der Waals surface area contributed by atoms with E-state index in [0.29, 0.717) is 16.7 Å². The third kappa shape index (κ3) is 6.60. The zero-order chi connectivity index (χ0) is 24.1. The zero-order valence-electron chi connectivity index (χ0n) is 17.7. The van der Waals surface area contributed by atoms with E-state index in [0.717, 1.165) is 0 Å². The molecule has 0 aliphatic rings. The molecule has 8 heteroatoms. The van der Waals surface area contributed by atoms with E-state index in [4.69, 9.17) is 4.74 Å². The predicted molar refractivity (Wildman–Crippen MR) is 114 cm³/mol. The van der Waals surface area contributed by atoms with Gasteiger partial charge in [0.05, 0.1) is 24.4 Å². The van der Waals surface area contributed by atoms with E-state index in [9.17, 15) is 32.6 Å². The van der Waals surface area contributed by atoms with Crippen molar-refractivity contribution in [1.29, 1.82) is 0 Å². The van der Waals surface area contributed by atoms with Crippen LogP contribution >= 0.6 is 0 Å². The molecule has 32 heavy (non-hydrogen) atoms. The number of ether oxygens (including phenoxy) is 1. The van der Waals surface area contributed by atoms with Gasteiger partial charge in [0.15, 0.2) is 0 Å². The molecule has 0 aliphatic carbocycles. The van der Waals surface area contributed by atoms with Crippen LogP contribution in [0.15, 0.2) is 54.3 Å². The lowest BCUT2D eigenvalue weighted by Crippen LogP contribution is -2.14. The molecule has 0 saturated carbocycles. The lowest BCUT2D eigenvalue weighted by atomic mass is 9.88. The van der Waals surface area contributed by atoms with Crippen LogP contribution in [0.1, 0.15) is 53.2 Å². The topological polar surface area (TPSA) is 66.8 Å². The number of aliphatic hydroxyl groups is 1. The first-order chi connectivity index (χ1) is 14.9. The summed E-state index contributed by atoms with van der Waals surface area (Å²) in [6, 6.07) is 7.94. The number of carbonyl (C=O) groups is 1. The molecule has 172 valence electrons. The summed E-state index contributed by atoms with van der Waals surface area (Å²) >= 11 is 0. The number of aliphatic hydroxyl groups excluding tert-OH is 1. The number of carboxylic acid groups (broad SMARTS) is 1. The van der Waals surface area contributed by atoms with Crippen LogP contribution in [0, 0.1) is 5.82 Å². The van der Waals surface area contributed by atoms with Crippen LogP contribution < -0.4 is 4.74 Å². The minimum absolute atomic E-state index is 0.0452.